The predicted molar refractivity (Wildman–Crippen MR) is 79.4 cm³/mol. The van der Waals surface area contributed by atoms with Crippen LogP contribution < -0.4 is 11.1 Å². The van der Waals surface area contributed by atoms with E-state index >= 15 is 0 Å². The molecule has 0 saturated carbocycles. The molecule has 0 saturated heterocycles. The number of rotatable bonds is 8. The molecule has 0 aliphatic carbocycles. The molecule has 0 bridgehead atoms. The Morgan fingerprint density at radius 2 is 2.00 bits per heavy atom. The van der Waals surface area contributed by atoms with Gasteiger partial charge in [0, 0.05) is 19.1 Å². The fourth-order valence-electron chi connectivity index (χ4n) is 2.00. The Morgan fingerprint density at radius 3 is 2.58 bits per heavy atom. The zero-order chi connectivity index (χ0) is 14.3. The number of nitrogens with one attached hydrogen (secondary N) is 1. The van der Waals surface area contributed by atoms with Gasteiger partial charge in [-0.05, 0) is 19.8 Å². The summed E-state index contributed by atoms with van der Waals surface area (Å²) >= 11 is 0. The minimum absolute atomic E-state index is 0.262. The fraction of sp³-hybridized carbons (Fsp3) is 0.714. The number of methoxy groups -OCH3 is 1. The first-order valence-corrected chi connectivity index (χ1v) is 7.00. The van der Waals surface area contributed by atoms with Gasteiger partial charge in [0.05, 0.1) is 12.6 Å². The van der Waals surface area contributed by atoms with Crippen LogP contribution in [0.25, 0.3) is 0 Å². The van der Waals surface area contributed by atoms with E-state index in [0.717, 1.165) is 42.9 Å². The van der Waals surface area contributed by atoms with Gasteiger partial charge in [-0.2, -0.15) is 0 Å². The van der Waals surface area contributed by atoms with Crippen LogP contribution in [-0.4, -0.2) is 29.7 Å². The first kappa shape index (κ1) is 15.7. The van der Waals surface area contributed by atoms with Crippen molar-refractivity contribution in [2.24, 2.45) is 0 Å². The quantitative estimate of drug-likeness (QED) is 0.756. The molecule has 0 radical (unpaired) electrons. The Bertz CT molecular complexity index is 389. The van der Waals surface area contributed by atoms with Crippen LogP contribution in [0.5, 0.6) is 0 Å². The van der Waals surface area contributed by atoms with Crippen molar-refractivity contribution >= 4 is 11.6 Å². The first-order chi connectivity index (χ1) is 9.12. The van der Waals surface area contributed by atoms with Gasteiger partial charge in [0.15, 0.2) is 0 Å². The summed E-state index contributed by atoms with van der Waals surface area (Å²) in [5.41, 5.74) is 6.87. The second-order valence-corrected chi connectivity index (χ2v) is 4.83. The van der Waals surface area contributed by atoms with Gasteiger partial charge in [0.2, 0.25) is 0 Å². The van der Waals surface area contributed by atoms with Gasteiger partial charge in [0.25, 0.3) is 0 Å². The predicted octanol–water partition coefficient (Wildman–Crippen LogP) is 2.55. The van der Waals surface area contributed by atoms with E-state index in [0.29, 0.717) is 12.4 Å². The lowest BCUT2D eigenvalue weighted by Gasteiger charge is -2.20. The van der Waals surface area contributed by atoms with Crippen LogP contribution in [0.1, 0.15) is 44.5 Å². The van der Waals surface area contributed by atoms with Crippen LogP contribution in [0.2, 0.25) is 0 Å². The molecule has 1 heterocycles. The zero-order valence-electron chi connectivity index (χ0n) is 12.5. The van der Waals surface area contributed by atoms with Crippen LogP contribution in [0.4, 0.5) is 11.6 Å². The van der Waals surface area contributed by atoms with Gasteiger partial charge < -0.3 is 15.8 Å². The summed E-state index contributed by atoms with van der Waals surface area (Å²) in [7, 11) is 1.72. The molecule has 108 valence electrons. The average molecular weight is 266 g/mol. The van der Waals surface area contributed by atoms with Gasteiger partial charge in [-0.1, -0.05) is 20.3 Å². The third kappa shape index (κ3) is 4.67. The van der Waals surface area contributed by atoms with E-state index < -0.39 is 0 Å². The molecule has 19 heavy (non-hydrogen) atoms. The highest BCUT2D eigenvalue weighted by Crippen LogP contribution is 2.19. The first-order valence-electron chi connectivity index (χ1n) is 7.00. The number of hydrogen-bond acceptors (Lipinski definition) is 5. The molecule has 1 aromatic heterocycles. The number of aryl methyl sites for hydroxylation is 1. The largest absolute Gasteiger partial charge is 0.383 e. The normalized spacial score (nSPS) is 12.4. The van der Waals surface area contributed by atoms with E-state index in [2.05, 4.69) is 29.1 Å². The average Bonchev–Trinajstić information content (AvgIpc) is 2.36. The van der Waals surface area contributed by atoms with Crippen LogP contribution in [0, 0.1) is 6.92 Å². The van der Waals surface area contributed by atoms with E-state index in [-0.39, 0.29) is 6.04 Å². The van der Waals surface area contributed by atoms with Crippen LogP contribution >= 0.6 is 0 Å². The molecule has 0 spiro atoms. The van der Waals surface area contributed by atoms with Crippen molar-refractivity contribution in [3.8, 4) is 0 Å². The summed E-state index contributed by atoms with van der Waals surface area (Å²) in [6.45, 7) is 6.88. The highest BCUT2D eigenvalue weighted by Gasteiger charge is 2.13. The number of nitrogen functional groups attached to an aromatic ring is 1. The van der Waals surface area contributed by atoms with Gasteiger partial charge in [-0.15, -0.1) is 0 Å². The number of nitrogens with two attached hydrogens (primary N) is 1. The number of ether oxygens (including phenoxy) is 1. The Morgan fingerprint density at radius 1 is 1.26 bits per heavy atom. The van der Waals surface area contributed by atoms with Crippen molar-refractivity contribution in [1.82, 2.24) is 9.97 Å². The maximum Gasteiger partial charge on any atom is 0.135 e. The summed E-state index contributed by atoms with van der Waals surface area (Å²) in [6.07, 6.45) is 4.00. The minimum atomic E-state index is 0.262. The molecular formula is C14H26N4O. The topological polar surface area (TPSA) is 73.1 Å². The van der Waals surface area contributed by atoms with Crippen LogP contribution in [0.15, 0.2) is 0 Å². The number of aromatic nitrogens is 2. The van der Waals surface area contributed by atoms with Gasteiger partial charge in [0.1, 0.15) is 17.5 Å². The SMILES string of the molecule is CCCc1nc(N)c(C)c(NC(CCC)COC)n1. The molecule has 1 rings (SSSR count). The second-order valence-electron chi connectivity index (χ2n) is 4.83. The van der Waals surface area contributed by atoms with E-state index in [9.17, 15) is 0 Å². The summed E-state index contributed by atoms with van der Waals surface area (Å²) in [4.78, 5) is 8.89. The Balaban J connectivity index is 2.90. The van der Waals surface area contributed by atoms with Crippen molar-refractivity contribution in [3.63, 3.8) is 0 Å². The molecule has 0 aliphatic rings. The number of hydrogen-bond donors (Lipinski definition) is 2. The maximum absolute atomic E-state index is 5.95. The molecule has 0 aliphatic heterocycles. The number of nitrogens with zero attached hydrogens (tertiary/aromatic N) is 2. The van der Waals surface area contributed by atoms with Crippen molar-refractivity contribution in [1.29, 1.82) is 0 Å². The third-order valence-electron chi connectivity index (χ3n) is 3.05. The van der Waals surface area contributed by atoms with Crippen LogP contribution in [0.3, 0.4) is 0 Å². The third-order valence-corrected chi connectivity index (χ3v) is 3.05. The summed E-state index contributed by atoms with van der Waals surface area (Å²) in [6, 6.07) is 0.262. The van der Waals surface area contributed by atoms with E-state index in [1.54, 1.807) is 7.11 Å². The Kier molecular flexibility index (Phi) is 6.56. The molecule has 0 amide bonds. The van der Waals surface area contributed by atoms with E-state index in [4.69, 9.17) is 10.5 Å². The lowest BCUT2D eigenvalue weighted by molar-refractivity contribution is 0.182. The van der Waals surface area contributed by atoms with Gasteiger partial charge >= 0.3 is 0 Å². The maximum atomic E-state index is 5.95. The Hall–Kier alpha value is -1.36. The van der Waals surface area contributed by atoms with Crippen molar-refractivity contribution in [2.75, 3.05) is 24.8 Å². The molecular weight excluding hydrogens is 240 g/mol. The van der Waals surface area contributed by atoms with Crippen molar-refractivity contribution in [3.05, 3.63) is 11.4 Å². The highest BCUT2D eigenvalue weighted by atomic mass is 16.5. The molecule has 5 heteroatoms. The second kappa shape index (κ2) is 7.94. The molecule has 0 aromatic carbocycles. The summed E-state index contributed by atoms with van der Waals surface area (Å²) in [5.74, 6) is 2.21. The van der Waals surface area contributed by atoms with Crippen molar-refractivity contribution < 1.29 is 4.74 Å². The molecule has 1 unspecified atom stereocenters. The monoisotopic (exact) mass is 266 g/mol. The lowest BCUT2D eigenvalue weighted by Crippen LogP contribution is -2.26. The highest BCUT2D eigenvalue weighted by molar-refractivity contribution is 5.55. The standard InChI is InChI=1S/C14H26N4O/c1-5-7-11(9-19-4)16-14-10(3)13(15)17-12(18-14)8-6-2/h11H,5-9H2,1-4H3,(H3,15,16,17,18). The fourth-order valence-corrected chi connectivity index (χ4v) is 2.00. The van der Waals surface area contributed by atoms with Gasteiger partial charge in [-0.3, -0.25) is 0 Å². The van der Waals surface area contributed by atoms with Crippen LogP contribution in [-0.2, 0) is 11.2 Å². The lowest BCUT2D eigenvalue weighted by atomic mass is 10.1. The zero-order valence-corrected chi connectivity index (χ0v) is 12.5. The van der Waals surface area contributed by atoms with E-state index in [1.165, 1.54) is 0 Å². The molecule has 3 N–H and O–H groups in total. The summed E-state index contributed by atoms with van der Waals surface area (Å²) < 4.78 is 5.24. The van der Waals surface area contributed by atoms with Gasteiger partial charge in [-0.25, -0.2) is 9.97 Å². The minimum Gasteiger partial charge on any atom is -0.383 e. The molecule has 0 fully saturated rings. The number of anilines is 2. The molecule has 1 atom stereocenters. The molecule has 5 nitrogen and oxygen atoms in total. The van der Waals surface area contributed by atoms with E-state index in [1.807, 2.05) is 6.92 Å². The smallest absolute Gasteiger partial charge is 0.135 e. The van der Waals surface area contributed by atoms with Crippen molar-refractivity contribution in [2.45, 2.75) is 52.5 Å². The molecule has 1 aromatic rings. The Labute approximate surface area is 116 Å². The summed E-state index contributed by atoms with van der Waals surface area (Å²) in [5, 5.41) is 3.43.